The van der Waals surface area contributed by atoms with E-state index in [1.807, 2.05) is 19.1 Å². The zero-order valence-corrected chi connectivity index (χ0v) is 15.7. The number of nitro benzene ring substituents is 1. The minimum Gasteiger partial charge on any atom is -0.322 e. The molecule has 0 aromatic heterocycles. The summed E-state index contributed by atoms with van der Waals surface area (Å²) < 4.78 is 0.711. The summed E-state index contributed by atoms with van der Waals surface area (Å²) in [5.41, 5.74) is 2.09. The van der Waals surface area contributed by atoms with Crippen LogP contribution in [0.25, 0.3) is 6.08 Å². The lowest BCUT2D eigenvalue weighted by molar-refractivity contribution is -0.384. The standard InChI is InChI=1S/C18H16BrN3O4/c1-11-3-8-16(15(19)9-11)21-18(24)17(20-12(2)23)10-13-4-6-14(7-5-13)22(25)26/h3-10H,1-2H3,(H,20,23)(H,21,24)/b17-10-. The Hall–Kier alpha value is -3.00. The van der Waals surface area contributed by atoms with E-state index in [0.29, 0.717) is 15.7 Å². The maximum atomic E-state index is 12.5. The second-order valence-electron chi connectivity index (χ2n) is 5.53. The fourth-order valence-corrected chi connectivity index (χ4v) is 2.71. The number of halogens is 1. The molecule has 7 nitrogen and oxygen atoms in total. The quantitative estimate of drug-likeness (QED) is 0.438. The van der Waals surface area contributed by atoms with Crippen LogP contribution in [0.15, 0.2) is 52.6 Å². The van der Waals surface area contributed by atoms with Gasteiger partial charge >= 0.3 is 0 Å². The molecule has 0 radical (unpaired) electrons. The van der Waals surface area contributed by atoms with Crippen LogP contribution in [0.1, 0.15) is 18.1 Å². The van der Waals surface area contributed by atoms with Crippen molar-refractivity contribution in [3.05, 3.63) is 73.9 Å². The Balaban J connectivity index is 2.29. The van der Waals surface area contributed by atoms with E-state index in [-0.39, 0.29) is 11.4 Å². The monoisotopic (exact) mass is 417 g/mol. The first-order valence-electron chi connectivity index (χ1n) is 7.57. The third-order valence-electron chi connectivity index (χ3n) is 3.34. The van der Waals surface area contributed by atoms with Gasteiger partial charge in [0.2, 0.25) is 5.91 Å². The van der Waals surface area contributed by atoms with Crippen LogP contribution in [0.4, 0.5) is 11.4 Å². The molecular formula is C18H16BrN3O4. The van der Waals surface area contributed by atoms with Crippen molar-refractivity contribution in [2.45, 2.75) is 13.8 Å². The number of anilines is 1. The molecule has 2 aromatic rings. The number of rotatable bonds is 5. The summed E-state index contributed by atoms with van der Waals surface area (Å²) >= 11 is 3.38. The van der Waals surface area contributed by atoms with Crippen LogP contribution in [-0.4, -0.2) is 16.7 Å². The van der Waals surface area contributed by atoms with Crippen LogP contribution in [0.5, 0.6) is 0 Å². The minimum absolute atomic E-state index is 0.0267. The average Bonchev–Trinajstić information content (AvgIpc) is 2.56. The molecule has 26 heavy (non-hydrogen) atoms. The fourth-order valence-electron chi connectivity index (χ4n) is 2.12. The van der Waals surface area contributed by atoms with E-state index in [4.69, 9.17) is 0 Å². The van der Waals surface area contributed by atoms with Crippen LogP contribution in [-0.2, 0) is 9.59 Å². The second kappa shape index (κ2) is 8.39. The van der Waals surface area contributed by atoms with Gasteiger partial charge in [0.05, 0.1) is 10.6 Å². The number of benzene rings is 2. The maximum absolute atomic E-state index is 12.5. The van der Waals surface area contributed by atoms with Gasteiger partial charge in [-0.2, -0.15) is 0 Å². The van der Waals surface area contributed by atoms with Gasteiger partial charge in [-0.3, -0.25) is 19.7 Å². The van der Waals surface area contributed by atoms with E-state index in [1.165, 1.54) is 37.3 Å². The SMILES string of the molecule is CC(=O)N/C(=C\c1ccc([N+](=O)[O-])cc1)C(=O)Nc1ccc(C)cc1Br. The molecule has 2 N–H and O–H groups in total. The minimum atomic E-state index is -0.511. The highest BCUT2D eigenvalue weighted by molar-refractivity contribution is 9.10. The number of hydrogen-bond acceptors (Lipinski definition) is 4. The molecule has 0 saturated heterocycles. The highest BCUT2D eigenvalue weighted by Gasteiger charge is 2.13. The normalized spacial score (nSPS) is 11.0. The van der Waals surface area contributed by atoms with Gasteiger partial charge in [-0.1, -0.05) is 6.07 Å². The number of nitrogens with zero attached hydrogens (tertiary/aromatic N) is 1. The number of aryl methyl sites for hydroxylation is 1. The highest BCUT2D eigenvalue weighted by Crippen LogP contribution is 2.24. The molecule has 0 atom stereocenters. The average molecular weight is 418 g/mol. The molecule has 0 fully saturated rings. The summed E-state index contributed by atoms with van der Waals surface area (Å²) in [6, 6.07) is 11.1. The van der Waals surface area contributed by atoms with Gasteiger partial charge in [-0.15, -0.1) is 0 Å². The number of carbonyl (C=O) groups is 2. The molecular weight excluding hydrogens is 402 g/mol. The first-order valence-corrected chi connectivity index (χ1v) is 8.37. The summed E-state index contributed by atoms with van der Waals surface area (Å²) in [7, 11) is 0. The lowest BCUT2D eigenvalue weighted by Gasteiger charge is -2.11. The van der Waals surface area contributed by atoms with Crippen molar-refractivity contribution in [3.8, 4) is 0 Å². The van der Waals surface area contributed by atoms with E-state index in [2.05, 4.69) is 26.6 Å². The predicted molar refractivity (Wildman–Crippen MR) is 102 cm³/mol. The molecule has 134 valence electrons. The Morgan fingerprint density at radius 2 is 1.81 bits per heavy atom. The molecule has 8 heteroatoms. The summed E-state index contributed by atoms with van der Waals surface area (Å²) in [6.45, 7) is 3.21. The van der Waals surface area contributed by atoms with Gasteiger partial charge in [0, 0.05) is 23.5 Å². The first kappa shape index (κ1) is 19.3. The lowest BCUT2D eigenvalue weighted by Crippen LogP contribution is -2.29. The first-order chi connectivity index (χ1) is 12.3. The molecule has 2 aromatic carbocycles. The van der Waals surface area contributed by atoms with Crippen molar-refractivity contribution in [2.24, 2.45) is 0 Å². The molecule has 0 saturated carbocycles. The smallest absolute Gasteiger partial charge is 0.272 e. The van der Waals surface area contributed by atoms with E-state index in [1.54, 1.807) is 6.07 Å². The van der Waals surface area contributed by atoms with Crippen molar-refractivity contribution in [1.82, 2.24) is 5.32 Å². The Bertz CT molecular complexity index is 892. The van der Waals surface area contributed by atoms with Crippen LogP contribution < -0.4 is 10.6 Å². The molecule has 0 spiro atoms. The number of hydrogen-bond donors (Lipinski definition) is 2. The Morgan fingerprint density at radius 1 is 1.15 bits per heavy atom. The zero-order chi connectivity index (χ0) is 19.3. The molecule has 0 aliphatic heterocycles. The Kier molecular flexibility index (Phi) is 6.24. The van der Waals surface area contributed by atoms with Gasteiger partial charge in [0.25, 0.3) is 11.6 Å². The van der Waals surface area contributed by atoms with Gasteiger partial charge < -0.3 is 10.6 Å². The summed E-state index contributed by atoms with van der Waals surface area (Å²) in [6.07, 6.45) is 1.45. The number of carbonyl (C=O) groups excluding carboxylic acids is 2. The van der Waals surface area contributed by atoms with E-state index in [0.717, 1.165) is 5.56 Å². The maximum Gasteiger partial charge on any atom is 0.272 e. The van der Waals surface area contributed by atoms with Gasteiger partial charge in [0.1, 0.15) is 5.70 Å². The van der Waals surface area contributed by atoms with Crippen molar-refractivity contribution in [3.63, 3.8) is 0 Å². The summed E-state index contributed by atoms with van der Waals surface area (Å²) in [5.74, 6) is -0.917. The predicted octanol–water partition coefficient (Wildman–Crippen LogP) is 3.78. The zero-order valence-electron chi connectivity index (χ0n) is 14.1. The van der Waals surface area contributed by atoms with Crippen LogP contribution >= 0.6 is 15.9 Å². The highest BCUT2D eigenvalue weighted by atomic mass is 79.9. The van der Waals surface area contributed by atoms with E-state index >= 15 is 0 Å². The van der Waals surface area contributed by atoms with Gasteiger partial charge in [0.15, 0.2) is 0 Å². The second-order valence-corrected chi connectivity index (χ2v) is 6.38. The molecule has 2 amide bonds. The topological polar surface area (TPSA) is 101 Å². The van der Waals surface area contributed by atoms with Crippen LogP contribution in [0.3, 0.4) is 0 Å². The number of nitro groups is 1. The number of amides is 2. The Morgan fingerprint density at radius 3 is 2.35 bits per heavy atom. The van der Waals surface area contributed by atoms with E-state index in [9.17, 15) is 19.7 Å². The van der Waals surface area contributed by atoms with E-state index < -0.39 is 16.7 Å². The van der Waals surface area contributed by atoms with Gasteiger partial charge in [-0.25, -0.2) is 0 Å². The fraction of sp³-hybridized carbons (Fsp3) is 0.111. The lowest BCUT2D eigenvalue weighted by atomic mass is 10.1. The largest absolute Gasteiger partial charge is 0.322 e. The third kappa shape index (κ3) is 5.25. The molecule has 0 heterocycles. The third-order valence-corrected chi connectivity index (χ3v) is 4.00. The van der Waals surface area contributed by atoms with Crippen LogP contribution in [0.2, 0.25) is 0 Å². The van der Waals surface area contributed by atoms with Crippen molar-refractivity contribution >= 4 is 45.2 Å². The molecule has 2 rings (SSSR count). The Labute approximate surface area is 158 Å². The number of non-ortho nitro benzene ring substituents is 1. The molecule has 0 aliphatic carbocycles. The molecule has 0 bridgehead atoms. The van der Waals surface area contributed by atoms with Gasteiger partial charge in [-0.05, 0) is 64.3 Å². The summed E-state index contributed by atoms with van der Waals surface area (Å²) in [4.78, 5) is 34.2. The van der Waals surface area contributed by atoms with Crippen molar-refractivity contribution in [1.29, 1.82) is 0 Å². The van der Waals surface area contributed by atoms with Crippen LogP contribution in [0, 0.1) is 17.0 Å². The summed E-state index contributed by atoms with van der Waals surface area (Å²) in [5, 5.41) is 15.9. The van der Waals surface area contributed by atoms with Crippen molar-refractivity contribution < 1.29 is 14.5 Å². The number of nitrogens with one attached hydrogen (secondary N) is 2. The molecule has 0 aliphatic rings. The molecule has 0 unspecified atom stereocenters. The van der Waals surface area contributed by atoms with Crippen molar-refractivity contribution in [2.75, 3.05) is 5.32 Å².